The van der Waals surface area contributed by atoms with E-state index >= 15 is 0 Å². The van der Waals surface area contributed by atoms with Gasteiger partial charge in [-0.25, -0.2) is 0 Å². The molecule has 0 saturated heterocycles. The molecule has 0 aliphatic heterocycles. The minimum absolute atomic E-state index is 0.0257. The van der Waals surface area contributed by atoms with Crippen LogP contribution in [0.5, 0.6) is 11.5 Å². The summed E-state index contributed by atoms with van der Waals surface area (Å²) in [5.74, 6) is 1.24. The van der Waals surface area contributed by atoms with Crippen LogP contribution < -0.4 is 10.1 Å². The third-order valence-electron chi connectivity index (χ3n) is 2.86. The average molecular weight is 304 g/mol. The second kappa shape index (κ2) is 6.19. The van der Waals surface area contributed by atoms with Crippen LogP contribution in [-0.2, 0) is 4.79 Å². The van der Waals surface area contributed by atoms with Crippen molar-refractivity contribution in [2.24, 2.45) is 5.41 Å². The fourth-order valence-corrected chi connectivity index (χ4v) is 1.75. The van der Waals surface area contributed by atoms with Crippen LogP contribution in [0.3, 0.4) is 0 Å². The minimum Gasteiger partial charge on any atom is -0.456 e. The Kier molecular flexibility index (Phi) is 4.53. The number of hydrogen-bond donors (Lipinski definition) is 1. The number of amides is 1. The molecule has 3 nitrogen and oxygen atoms in total. The Hall–Kier alpha value is -2.00. The van der Waals surface area contributed by atoms with Gasteiger partial charge in [0.25, 0.3) is 0 Å². The molecule has 1 N–H and O–H groups in total. The molecule has 0 aliphatic rings. The molecule has 2 rings (SSSR count). The second-order valence-corrected chi connectivity index (χ2v) is 6.17. The summed E-state index contributed by atoms with van der Waals surface area (Å²) in [7, 11) is 0. The minimum atomic E-state index is -0.424. The van der Waals surface area contributed by atoms with E-state index < -0.39 is 5.41 Å². The third kappa shape index (κ3) is 4.23. The Balaban J connectivity index is 2.06. The smallest absolute Gasteiger partial charge is 0.229 e. The molecule has 0 radical (unpaired) electrons. The zero-order valence-corrected chi connectivity index (χ0v) is 13.1. The lowest BCUT2D eigenvalue weighted by molar-refractivity contribution is -0.123. The molecule has 110 valence electrons. The van der Waals surface area contributed by atoms with Crippen molar-refractivity contribution >= 4 is 23.2 Å². The van der Waals surface area contributed by atoms with Gasteiger partial charge in [-0.15, -0.1) is 0 Å². The second-order valence-electron chi connectivity index (χ2n) is 5.76. The highest BCUT2D eigenvalue weighted by atomic mass is 35.5. The topological polar surface area (TPSA) is 38.3 Å². The van der Waals surface area contributed by atoms with Crippen LogP contribution in [0.4, 0.5) is 5.69 Å². The van der Waals surface area contributed by atoms with Gasteiger partial charge in [0.15, 0.2) is 0 Å². The Morgan fingerprint density at radius 2 is 1.67 bits per heavy atom. The molecule has 0 aromatic heterocycles. The van der Waals surface area contributed by atoms with E-state index in [0.717, 1.165) is 5.69 Å². The summed E-state index contributed by atoms with van der Waals surface area (Å²) >= 11 is 6.04. The monoisotopic (exact) mass is 303 g/mol. The highest BCUT2D eigenvalue weighted by Gasteiger charge is 2.21. The van der Waals surface area contributed by atoms with E-state index in [-0.39, 0.29) is 5.91 Å². The SMILES string of the molecule is CC(C)(C)C(=O)Nc1ccc(Oc2ccccc2Cl)cc1. The molecule has 0 fully saturated rings. The fourth-order valence-electron chi connectivity index (χ4n) is 1.58. The first kappa shape index (κ1) is 15.4. The highest BCUT2D eigenvalue weighted by molar-refractivity contribution is 6.32. The molecule has 0 spiro atoms. The molecule has 2 aromatic rings. The molecule has 0 heterocycles. The number of halogens is 1. The Labute approximate surface area is 129 Å². The number of ether oxygens (including phenoxy) is 1. The lowest BCUT2D eigenvalue weighted by atomic mass is 9.95. The molecule has 0 unspecified atom stereocenters. The van der Waals surface area contributed by atoms with Crippen molar-refractivity contribution in [1.29, 1.82) is 0 Å². The summed E-state index contributed by atoms with van der Waals surface area (Å²) < 4.78 is 5.69. The first-order chi connectivity index (χ1) is 9.86. The highest BCUT2D eigenvalue weighted by Crippen LogP contribution is 2.29. The summed E-state index contributed by atoms with van der Waals surface area (Å²) in [6, 6.07) is 14.5. The van der Waals surface area contributed by atoms with E-state index in [1.165, 1.54) is 0 Å². The lowest BCUT2D eigenvalue weighted by Crippen LogP contribution is -2.27. The molecule has 0 atom stereocenters. The van der Waals surface area contributed by atoms with Crippen LogP contribution in [0.2, 0.25) is 5.02 Å². The van der Waals surface area contributed by atoms with Gasteiger partial charge in [0.1, 0.15) is 11.5 Å². The maximum atomic E-state index is 11.9. The number of carbonyl (C=O) groups is 1. The van der Waals surface area contributed by atoms with Gasteiger partial charge in [0, 0.05) is 11.1 Å². The largest absolute Gasteiger partial charge is 0.456 e. The quantitative estimate of drug-likeness (QED) is 0.855. The number of nitrogens with one attached hydrogen (secondary N) is 1. The van der Waals surface area contributed by atoms with E-state index in [1.54, 1.807) is 36.4 Å². The predicted molar refractivity (Wildman–Crippen MR) is 86.1 cm³/mol. The first-order valence-corrected chi connectivity index (χ1v) is 7.08. The number of para-hydroxylation sites is 1. The Bertz CT molecular complexity index is 630. The van der Waals surface area contributed by atoms with Crippen LogP contribution in [-0.4, -0.2) is 5.91 Å². The van der Waals surface area contributed by atoms with Crippen molar-refractivity contribution < 1.29 is 9.53 Å². The molecule has 0 aliphatic carbocycles. The van der Waals surface area contributed by atoms with Crippen molar-refractivity contribution in [3.05, 3.63) is 53.6 Å². The zero-order valence-electron chi connectivity index (χ0n) is 12.3. The van der Waals surface area contributed by atoms with Crippen LogP contribution in [0.1, 0.15) is 20.8 Å². The molecule has 21 heavy (non-hydrogen) atoms. The molecular weight excluding hydrogens is 286 g/mol. The molecule has 4 heteroatoms. The standard InChI is InChI=1S/C17H18ClNO2/c1-17(2,3)16(20)19-12-8-10-13(11-9-12)21-15-7-5-4-6-14(15)18/h4-11H,1-3H3,(H,19,20). The maximum Gasteiger partial charge on any atom is 0.229 e. The number of benzene rings is 2. The zero-order chi connectivity index (χ0) is 15.5. The number of carbonyl (C=O) groups excluding carboxylic acids is 1. The van der Waals surface area contributed by atoms with Gasteiger partial charge in [0.2, 0.25) is 5.91 Å². The summed E-state index contributed by atoms with van der Waals surface area (Å²) in [6.07, 6.45) is 0. The van der Waals surface area contributed by atoms with E-state index in [0.29, 0.717) is 16.5 Å². The van der Waals surface area contributed by atoms with Gasteiger partial charge in [-0.2, -0.15) is 0 Å². The Morgan fingerprint density at radius 3 is 2.24 bits per heavy atom. The van der Waals surface area contributed by atoms with Crippen molar-refractivity contribution in [3.63, 3.8) is 0 Å². The van der Waals surface area contributed by atoms with Crippen molar-refractivity contribution in [3.8, 4) is 11.5 Å². The van der Waals surface area contributed by atoms with E-state index in [4.69, 9.17) is 16.3 Å². The number of anilines is 1. The van der Waals surface area contributed by atoms with E-state index in [9.17, 15) is 4.79 Å². The van der Waals surface area contributed by atoms with Crippen LogP contribution in [0, 0.1) is 5.41 Å². The molecule has 1 amide bonds. The van der Waals surface area contributed by atoms with Gasteiger partial charge >= 0.3 is 0 Å². The molecule has 0 saturated carbocycles. The van der Waals surface area contributed by atoms with Crippen LogP contribution >= 0.6 is 11.6 Å². The van der Waals surface area contributed by atoms with E-state index in [1.807, 2.05) is 32.9 Å². The maximum absolute atomic E-state index is 11.9. The summed E-state index contributed by atoms with van der Waals surface area (Å²) in [4.78, 5) is 11.9. The predicted octanol–water partition coefficient (Wildman–Crippen LogP) is 5.12. The van der Waals surface area contributed by atoms with Gasteiger partial charge in [0.05, 0.1) is 5.02 Å². The Morgan fingerprint density at radius 1 is 1.05 bits per heavy atom. The third-order valence-corrected chi connectivity index (χ3v) is 3.17. The van der Waals surface area contributed by atoms with Crippen molar-refractivity contribution in [2.75, 3.05) is 5.32 Å². The fraction of sp³-hybridized carbons (Fsp3) is 0.235. The molecule has 2 aromatic carbocycles. The van der Waals surface area contributed by atoms with Crippen LogP contribution in [0.25, 0.3) is 0 Å². The van der Waals surface area contributed by atoms with E-state index in [2.05, 4.69) is 5.32 Å². The van der Waals surface area contributed by atoms with Gasteiger partial charge in [-0.05, 0) is 36.4 Å². The van der Waals surface area contributed by atoms with Gasteiger partial charge in [-0.3, -0.25) is 4.79 Å². The average Bonchev–Trinajstić information content (AvgIpc) is 2.42. The van der Waals surface area contributed by atoms with Gasteiger partial charge in [-0.1, -0.05) is 44.5 Å². The molecular formula is C17H18ClNO2. The van der Waals surface area contributed by atoms with Gasteiger partial charge < -0.3 is 10.1 Å². The summed E-state index contributed by atoms with van der Waals surface area (Å²) in [5, 5.41) is 3.42. The lowest BCUT2D eigenvalue weighted by Gasteiger charge is -2.17. The normalized spacial score (nSPS) is 11.0. The molecule has 0 bridgehead atoms. The van der Waals surface area contributed by atoms with Crippen molar-refractivity contribution in [2.45, 2.75) is 20.8 Å². The van der Waals surface area contributed by atoms with Crippen LogP contribution in [0.15, 0.2) is 48.5 Å². The van der Waals surface area contributed by atoms with Crippen molar-refractivity contribution in [1.82, 2.24) is 0 Å². The number of hydrogen-bond acceptors (Lipinski definition) is 2. The summed E-state index contributed by atoms with van der Waals surface area (Å²) in [6.45, 7) is 5.62. The summed E-state index contributed by atoms with van der Waals surface area (Å²) in [5.41, 5.74) is 0.314. The first-order valence-electron chi connectivity index (χ1n) is 6.70. The number of rotatable bonds is 3.